The molecule has 2 aromatic heterocycles. The highest BCUT2D eigenvalue weighted by atomic mass is 35.5. The van der Waals surface area contributed by atoms with Crippen LogP contribution in [0.15, 0.2) is 35.3 Å². The lowest BCUT2D eigenvalue weighted by Crippen LogP contribution is -2.24. The summed E-state index contributed by atoms with van der Waals surface area (Å²) in [6.07, 6.45) is 11.1. The van der Waals surface area contributed by atoms with E-state index < -0.39 is 5.41 Å². The van der Waals surface area contributed by atoms with Gasteiger partial charge in [-0.05, 0) is 56.4 Å². The highest BCUT2D eigenvalue weighted by molar-refractivity contribution is 6.35. The molecule has 2 aliphatic rings. The van der Waals surface area contributed by atoms with Gasteiger partial charge in [-0.2, -0.15) is 4.98 Å². The van der Waals surface area contributed by atoms with Crippen molar-refractivity contribution in [3.8, 4) is 5.69 Å². The second kappa shape index (κ2) is 6.94. The number of fused-ring (bicyclic) bond motifs is 5. The minimum absolute atomic E-state index is 0.266. The molecular weight excluding hydrogens is 382 g/mol. The maximum absolute atomic E-state index is 12.8. The van der Waals surface area contributed by atoms with E-state index in [0.29, 0.717) is 16.3 Å². The maximum Gasteiger partial charge on any atom is 0.282 e. The number of hydrogen-bond donors (Lipinski definition) is 0. The average molecular weight is 408 g/mol. The largest absolute Gasteiger partial charge is 0.295 e. The standard InChI is InChI=1S/C24H26ClN3O/c1-24(2)21-19(13-16(14-26-21)15-9-6-4-3-5-7-10-15)28-18-12-8-11-17(25)20(18)22(29)27-23(24)28/h8,11-15H,3-7,9-10H2,1-2H3. The van der Waals surface area contributed by atoms with Crippen LogP contribution in [0.5, 0.6) is 0 Å². The van der Waals surface area contributed by atoms with Gasteiger partial charge in [0.15, 0.2) is 0 Å². The van der Waals surface area contributed by atoms with Gasteiger partial charge in [-0.25, -0.2) is 0 Å². The van der Waals surface area contributed by atoms with Crippen LogP contribution in [-0.4, -0.2) is 14.5 Å². The molecule has 3 aromatic rings. The van der Waals surface area contributed by atoms with E-state index in [1.54, 1.807) is 6.07 Å². The molecule has 1 aromatic carbocycles. The molecule has 1 aliphatic carbocycles. The minimum atomic E-state index is -0.426. The molecular formula is C24H26ClN3O. The third-order valence-corrected chi connectivity index (χ3v) is 7.04. The maximum atomic E-state index is 12.8. The molecule has 0 N–H and O–H groups in total. The van der Waals surface area contributed by atoms with Crippen LogP contribution in [0.1, 0.15) is 81.8 Å². The van der Waals surface area contributed by atoms with Crippen molar-refractivity contribution in [2.45, 2.75) is 70.1 Å². The smallest absolute Gasteiger partial charge is 0.282 e. The van der Waals surface area contributed by atoms with E-state index in [1.807, 2.05) is 12.1 Å². The summed E-state index contributed by atoms with van der Waals surface area (Å²) in [5.74, 6) is 1.30. The number of aromatic nitrogens is 3. The van der Waals surface area contributed by atoms with Crippen LogP contribution in [0.2, 0.25) is 5.02 Å². The topological polar surface area (TPSA) is 47.8 Å². The lowest BCUT2D eigenvalue weighted by atomic mass is 9.85. The highest BCUT2D eigenvalue weighted by Gasteiger charge is 2.40. The van der Waals surface area contributed by atoms with Crippen molar-refractivity contribution in [2.75, 3.05) is 0 Å². The van der Waals surface area contributed by atoms with Crippen molar-refractivity contribution in [2.24, 2.45) is 0 Å². The zero-order chi connectivity index (χ0) is 20.2. The number of halogens is 1. The van der Waals surface area contributed by atoms with Crippen LogP contribution in [-0.2, 0) is 5.41 Å². The number of pyridine rings is 1. The fourth-order valence-electron chi connectivity index (χ4n) is 5.13. The van der Waals surface area contributed by atoms with E-state index in [0.717, 1.165) is 22.7 Å². The van der Waals surface area contributed by atoms with Crippen LogP contribution in [0.25, 0.3) is 16.6 Å². The lowest BCUT2D eigenvalue weighted by molar-refractivity contribution is 0.454. The van der Waals surface area contributed by atoms with E-state index in [2.05, 4.69) is 35.7 Å². The van der Waals surface area contributed by atoms with E-state index in [-0.39, 0.29) is 5.56 Å². The van der Waals surface area contributed by atoms with Crippen LogP contribution in [0, 0.1) is 0 Å². The summed E-state index contributed by atoms with van der Waals surface area (Å²) in [6.45, 7) is 4.19. The van der Waals surface area contributed by atoms with E-state index in [4.69, 9.17) is 16.6 Å². The Kier molecular flexibility index (Phi) is 4.50. The van der Waals surface area contributed by atoms with Crippen molar-refractivity contribution in [1.29, 1.82) is 0 Å². The third-order valence-electron chi connectivity index (χ3n) is 6.72. The second-order valence-electron chi connectivity index (χ2n) is 9.01. The Bertz CT molecular complexity index is 1160. The molecule has 0 saturated heterocycles. The molecule has 150 valence electrons. The fourth-order valence-corrected chi connectivity index (χ4v) is 5.38. The van der Waals surface area contributed by atoms with Gasteiger partial charge < -0.3 is 0 Å². The van der Waals surface area contributed by atoms with Gasteiger partial charge in [0, 0.05) is 6.20 Å². The number of rotatable bonds is 1. The zero-order valence-electron chi connectivity index (χ0n) is 17.0. The molecule has 0 bridgehead atoms. The Morgan fingerprint density at radius 3 is 2.59 bits per heavy atom. The van der Waals surface area contributed by atoms with E-state index in [1.165, 1.54) is 50.5 Å². The fraction of sp³-hybridized carbons (Fsp3) is 0.458. The van der Waals surface area contributed by atoms with Gasteiger partial charge in [-0.15, -0.1) is 0 Å². The van der Waals surface area contributed by atoms with Crippen molar-refractivity contribution < 1.29 is 0 Å². The second-order valence-corrected chi connectivity index (χ2v) is 9.42. The first kappa shape index (κ1) is 18.8. The molecule has 0 atom stereocenters. The van der Waals surface area contributed by atoms with Crippen molar-refractivity contribution in [3.05, 3.63) is 62.9 Å². The molecule has 0 unspecified atom stereocenters. The van der Waals surface area contributed by atoms with E-state index in [9.17, 15) is 4.79 Å². The van der Waals surface area contributed by atoms with Crippen molar-refractivity contribution >= 4 is 22.5 Å². The first-order chi connectivity index (χ1) is 14.0. The molecule has 29 heavy (non-hydrogen) atoms. The summed E-state index contributed by atoms with van der Waals surface area (Å²) in [7, 11) is 0. The molecule has 1 saturated carbocycles. The van der Waals surface area contributed by atoms with Gasteiger partial charge in [-0.1, -0.05) is 49.8 Å². The summed E-state index contributed by atoms with van der Waals surface area (Å²) in [4.78, 5) is 22.1. The summed E-state index contributed by atoms with van der Waals surface area (Å²) >= 11 is 6.38. The minimum Gasteiger partial charge on any atom is -0.295 e. The molecule has 1 aliphatic heterocycles. The molecule has 4 nitrogen and oxygen atoms in total. The normalized spacial score (nSPS) is 18.9. The quantitative estimate of drug-likeness (QED) is 0.504. The van der Waals surface area contributed by atoms with Gasteiger partial charge in [0.05, 0.1) is 32.7 Å². The first-order valence-electron chi connectivity index (χ1n) is 10.7. The van der Waals surface area contributed by atoms with Crippen LogP contribution < -0.4 is 5.56 Å². The third kappa shape index (κ3) is 2.92. The lowest BCUT2D eigenvalue weighted by Gasteiger charge is -2.21. The summed E-state index contributed by atoms with van der Waals surface area (Å²) in [6, 6.07) is 7.90. The number of nitrogens with zero attached hydrogens (tertiary/aromatic N) is 3. The predicted molar refractivity (Wildman–Crippen MR) is 117 cm³/mol. The van der Waals surface area contributed by atoms with Crippen LogP contribution >= 0.6 is 11.6 Å². The monoisotopic (exact) mass is 407 g/mol. The molecule has 3 heterocycles. The van der Waals surface area contributed by atoms with Gasteiger partial charge >= 0.3 is 0 Å². The Hall–Kier alpha value is -2.20. The van der Waals surface area contributed by atoms with Gasteiger partial charge in [0.2, 0.25) is 0 Å². The van der Waals surface area contributed by atoms with Crippen LogP contribution in [0.3, 0.4) is 0 Å². The first-order valence-corrected chi connectivity index (χ1v) is 11.1. The molecule has 0 spiro atoms. The van der Waals surface area contributed by atoms with Gasteiger partial charge in [-0.3, -0.25) is 14.3 Å². The Morgan fingerprint density at radius 2 is 1.83 bits per heavy atom. The van der Waals surface area contributed by atoms with Gasteiger partial charge in [0.1, 0.15) is 5.82 Å². The van der Waals surface area contributed by atoms with Gasteiger partial charge in [0.25, 0.3) is 5.56 Å². The molecule has 0 radical (unpaired) electrons. The molecule has 1 fully saturated rings. The van der Waals surface area contributed by atoms with E-state index >= 15 is 0 Å². The highest BCUT2D eigenvalue weighted by Crippen LogP contribution is 2.43. The molecule has 5 rings (SSSR count). The predicted octanol–water partition coefficient (Wildman–Crippen LogP) is 5.90. The summed E-state index contributed by atoms with van der Waals surface area (Å²) in [5, 5.41) is 0.934. The Labute approximate surface area is 176 Å². The Morgan fingerprint density at radius 1 is 1.10 bits per heavy atom. The Balaban J connectivity index is 1.73. The molecule has 5 heteroatoms. The zero-order valence-corrected chi connectivity index (χ0v) is 17.8. The average Bonchev–Trinajstić information content (AvgIpc) is 2.88. The summed E-state index contributed by atoms with van der Waals surface area (Å²) in [5.41, 5.74) is 3.46. The molecule has 0 amide bonds. The SMILES string of the molecule is CC1(C)c2ncc(C3CCCCCCC3)cc2-n2c1nc(=O)c1c(Cl)cccc12. The van der Waals surface area contributed by atoms with Crippen LogP contribution in [0.4, 0.5) is 0 Å². The van der Waals surface area contributed by atoms with Crippen molar-refractivity contribution in [3.63, 3.8) is 0 Å². The number of hydrogen-bond acceptors (Lipinski definition) is 3. The van der Waals surface area contributed by atoms with Crippen molar-refractivity contribution in [1.82, 2.24) is 14.5 Å². The summed E-state index contributed by atoms with van der Waals surface area (Å²) < 4.78 is 2.11. The number of benzene rings is 1.